The molecule has 4 heteroatoms. The lowest BCUT2D eigenvalue weighted by Gasteiger charge is -2.46. The summed E-state index contributed by atoms with van der Waals surface area (Å²) >= 11 is 0. The monoisotopic (exact) mass is 945 g/mol. The fourth-order valence-corrected chi connectivity index (χ4v) is 13.1. The lowest BCUT2D eigenvalue weighted by molar-refractivity contribution is 0.332. The maximum absolute atomic E-state index is 7.80. The van der Waals surface area contributed by atoms with Crippen molar-refractivity contribution in [2.45, 2.75) is 155 Å². The van der Waals surface area contributed by atoms with Crippen molar-refractivity contribution in [3.63, 3.8) is 0 Å². The fraction of sp³-hybridized carbons (Fsp3) is 0.353. The first-order chi connectivity index (χ1) is 33.9. The van der Waals surface area contributed by atoms with Crippen LogP contribution in [0.25, 0.3) is 44.3 Å². The van der Waals surface area contributed by atoms with Gasteiger partial charge in [0.15, 0.2) is 0 Å². The van der Waals surface area contributed by atoms with Gasteiger partial charge in [-0.15, -0.1) is 0 Å². The van der Waals surface area contributed by atoms with Crippen LogP contribution in [0.15, 0.2) is 144 Å². The molecule has 0 radical (unpaired) electrons. The maximum Gasteiger partial charge on any atom is 0.375 e. The minimum absolute atomic E-state index is 0.00666. The van der Waals surface area contributed by atoms with Crippen LogP contribution in [0.2, 0.25) is 0 Å². The fourth-order valence-electron chi connectivity index (χ4n) is 13.1. The van der Waals surface area contributed by atoms with E-state index in [0.29, 0.717) is 0 Å². The molecular formula is C68H73BN2O. The quantitative estimate of drug-likeness (QED) is 0.164. The van der Waals surface area contributed by atoms with Gasteiger partial charge in [0.1, 0.15) is 11.2 Å². The van der Waals surface area contributed by atoms with Gasteiger partial charge in [0.05, 0.1) is 11.4 Å². The molecule has 8 aromatic rings. The second kappa shape index (κ2) is 15.6. The smallest absolute Gasteiger partial charge is 0.375 e. The van der Waals surface area contributed by atoms with Crippen LogP contribution in [0.3, 0.4) is 0 Å². The van der Waals surface area contributed by atoms with Crippen LogP contribution in [-0.2, 0) is 32.5 Å². The molecule has 0 fully saturated rings. The Bertz CT molecular complexity index is 3500. The summed E-state index contributed by atoms with van der Waals surface area (Å²) < 4.78 is 7.80. The van der Waals surface area contributed by atoms with Gasteiger partial charge in [-0.05, 0) is 174 Å². The van der Waals surface area contributed by atoms with E-state index in [1.54, 1.807) is 0 Å². The van der Waals surface area contributed by atoms with Crippen LogP contribution in [0.5, 0.6) is 0 Å². The summed E-state index contributed by atoms with van der Waals surface area (Å²) in [5, 5.41) is 1.18. The van der Waals surface area contributed by atoms with Crippen molar-refractivity contribution >= 4 is 57.4 Å². The van der Waals surface area contributed by atoms with Gasteiger partial charge in [0.25, 0.3) is 0 Å². The predicted molar refractivity (Wildman–Crippen MR) is 309 cm³/mol. The minimum Gasteiger partial charge on any atom is -0.466 e. The highest BCUT2D eigenvalue weighted by atomic mass is 16.3. The van der Waals surface area contributed by atoms with E-state index in [-0.39, 0.29) is 39.3 Å². The molecule has 3 heterocycles. The predicted octanol–water partition coefficient (Wildman–Crippen LogP) is 17.8. The summed E-state index contributed by atoms with van der Waals surface area (Å²) in [5.74, 6) is 0. The van der Waals surface area contributed by atoms with Crippen molar-refractivity contribution in [2.75, 3.05) is 9.71 Å². The van der Waals surface area contributed by atoms with Crippen LogP contribution >= 0.6 is 0 Å². The first-order valence-electron chi connectivity index (χ1n) is 26.9. The molecule has 0 amide bonds. The molecule has 3 nitrogen and oxygen atoms in total. The Kier molecular flexibility index (Phi) is 10.2. The van der Waals surface area contributed by atoms with Crippen LogP contribution < -0.4 is 20.8 Å². The number of hydrogen-bond acceptors (Lipinski definition) is 3. The van der Waals surface area contributed by atoms with E-state index in [1.165, 1.54) is 101 Å². The zero-order valence-electron chi connectivity index (χ0n) is 45.5. The molecule has 0 bridgehead atoms. The minimum atomic E-state index is -0.262. The number of furan rings is 1. The molecule has 2 aliphatic heterocycles. The van der Waals surface area contributed by atoms with Crippen molar-refractivity contribution in [1.82, 2.24) is 0 Å². The van der Waals surface area contributed by atoms with Crippen LogP contribution in [-0.4, -0.2) is 6.85 Å². The molecule has 0 saturated heterocycles. The molecule has 0 atom stereocenters. The number of fused-ring (bicyclic) bond motifs is 8. The van der Waals surface area contributed by atoms with Crippen molar-refractivity contribution in [1.29, 1.82) is 0 Å². The van der Waals surface area contributed by atoms with Gasteiger partial charge >= 0.3 is 6.85 Å². The average molecular weight is 945 g/mol. The van der Waals surface area contributed by atoms with Gasteiger partial charge in [-0.25, -0.2) is 0 Å². The zero-order chi connectivity index (χ0) is 50.7. The Morgan fingerprint density at radius 2 is 1.00 bits per heavy atom. The first-order valence-corrected chi connectivity index (χ1v) is 26.9. The van der Waals surface area contributed by atoms with Crippen LogP contribution in [0.1, 0.15) is 156 Å². The van der Waals surface area contributed by atoms with Gasteiger partial charge in [0, 0.05) is 33.6 Å². The van der Waals surface area contributed by atoms with Gasteiger partial charge < -0.3 is 14.1 Å². The molecule has 4 aliphatic rings. The van der Waals surface area contributed by atoms with Crippen LogP contribution in [0.4, 0.5) is 28.4 Å². The molecule has 0 spiro atoms. The van der Waals surface area contributed by atoms with E-state index >= 15 is 0 Å². The Morgan fingerprint density at radius 3 is 1.62 bits per heavy atom. The van der Waals surface area contributed by atoms with Crippen molar-refractivity contribution in [3.05, 3.63) is 173 Å². The Morgan fingerprint density at radius 1 is 0.444 bits per heavy atom. The third-order valence-corrected chi connectivity index (χ3v) is 17.9. The van der Waals surface area contributed by atoms with E-state index in [9.17, 15) is 0 Å². The number of benzene rings is 7. The molecule has 1 aromatic heterocycles. The third kappa shape index (κ3) is 7.20. The van der Waals surface area contributed by atoms with E-state index < -0.39 is 0 Å². The SMILES string of the molecule is CC(C)(C)c1ccc(N2c3cc(C(C)(C)C)cc4c3B(c3oc5cc6c(cc5c32)C(C)(C)CCC6(C)C)N(c2ccc3c(c2)C(C)(C)CCC3(C)C)c2ccc(-c3ccccc3)cc2-4)c(-c2ccccc2)c1. The summed E-state index contributed by atoms with van der Waals surface area (Å²) in [6.45, 7) is 33.4. The highest BCUT2D eigenvalue weighted by Crippen LogP contribution is 2.56. The van der Waals surface area contributed by atoms with Gasteiger partial charge in [0.2, 0.25) is 0 Å². The molecular weight excluding hydrogens is 872 g/mol. The lowest BCUT2D eigenvalue weighted by atomic mass is 9.45. The summed E-state index contributed by atoms with van der Waals surface area (Å²) in [6.07, 6.45) is 4.60. The van der Waals surface area contributed by atoms with Gasteiger partial charge in [-0.3, -0.25) is 0 Å². The molecule has 0 saturated carbocycles. The second-order valence-electron chi connectivity index (χ2n) is 26.7. The first kappa shape index (κ1) is 46.8. The number of rotatable bonds is 4. The molecule has 12 rings (SSSR count). The van der Waals surface area contributed by atoms with Gasteiger partial charge in [-0.1, -0.05) is 182 Å². The number of hydrogen-bond donors (Lipinski definition) is 0. The topological polar surface area (TPSA) is 19.6 Å². The van der Waals surface area contributed by atoms with E-state index in [0.717, 1.165) is 41.9 Å². The standard InChI is InChI=1S/C68H73BN2O/c1-63(2,3)45-26-30-56(48(36-45)43-23-19-16-20-24-43)70-58-38-46(64(4,5)6)37-50-49-35-44(42-21-17-15-18-22-42)25-29-57(49)71(47-27-28-52-53(39-47)66(9,10)32-31-65(52,7)8)69(60(50)58)62-61(70)51-40-54-55(41-59(51)72-62)68(13,14)34-33-67(54,11)12/h15-30,35-41H,31-34H2,1-14H3. The number of anilines is 5. The molecule has 2 aliphatic carbocycles. The summed E-state index contributed by atoms with van der Waals surface area (Å²) in [5.41, 5.74) is 24.9. The van der Waals surface area contributed by atoms with E-state index in [4.69, 9.17) is 4.42 Å². The Labute approximate surface area is 430 Å². The molecule has 364 valence electrons. The third-order valence-electron chi connectivity index (χ3n) is 17.9. The van der Waals surface area contributed by atoms with Crippen molar-refractivity contribution < 1.29 is 4.42 Å². The largest absolute Gasteiger partial charge is 0.466 e. The van der Waals surface area contributed by atoms with Crippen LogP contribution in [0, 0.1) is 0 Å². The Hall–Kier alpha value is -6.26. The van der Waals surface area contributed by atoms with E-state index in [2.05, 4.69) is 246 Å². The highest BCUT2D eigenvalue weighted by Gasteiger charge is 2.51. The number of nitrogens with zero attached hydrogens (tertiary/aromatic N) is 2. The normalized spacial score (nSPS) is 18.0. The van der Waals surface area contributed by atoms with Crippen molar-refractivity contribution in [3.8, 4) is 33.4 Å². The molecule has 0 unspecified atom stereocenters. The molecule has 72 heavy (non-hydrogen) atoms. The van der Waals surface area contributed by atoms with Gasteiger partial charge in [-0.2, -0.15) is 0 Å². The van der Waals surface area contributed by atoms with Crippen molar-refractivity contribution in [2.24, 2.45) is 0 Å². The van der Waals surface area contributed by atoms with E-state index in [1.807, 2.05) is 0 Å². The summed E-state index contributed by atoms with van der Waals surface area (Å²) in [6, 6.07) is 54.1. The molecule has 0 N–H and O–H groups in total. The lowest BCUT2D eigenvalue weighted by Crippen LogP contribution is -2.61. The second-order valence-corrected chi connectivity index (χ2v) is 26.7. The summed E-state index contributed by atoms with van der Waals surface area (Å²) in [7, 11) is 0. The average Bonchev–Trinajstić information content (AvgIpc) is 3.72. The summed E-state index contributed by atoms with van der Waals surface area (Å²) in [4.78, 5) is 5.33. The Balaban J connectivity index is 1.25. The zero-order valence-corrected chi connectivity index (χ0v) is 45.5. The maximum atomic E-state index is 7.80. The molecule has 7 aromatic carbocycles. The highest BCUT2D eigenvalue weighted by molar-refractivity contribution is 6.93.